The Labute approximate surface area is 73.2 Å². The zero-order valence-electron chi connectivity index (χ0n) is 7.80. The first kappa shape index (κ1) is 7.34. The lowest BCUT2D eigenvalue weighted by molar-refractivity contribution is 0.191. The summed E-state index contributed by atoms with van der Waals surface area (Å²) in [4.78, 5) is 0. The van der Waals surface area contributed by atoms with Crippen LogP contribution in [0, 0.1) is 5.92 Å². The van der Waals surface area contributed by atoms with E-state index in [1.165, 1.54) is 19.3 Å². The van der Waals surface area contributed by atoms with Crippen molar-refractivity contribution in [3.05, 3.63) is 0 Å². The van der Waals surface area contributed by atoms with Crippen molar-refractivity contribution in [2.45, 2.75) is 50.4 Å². The number of ether oxygens (including phenoxy) is 2. The van der Waals surface area contributed by atoms with E-state index in [-0.39, 0.29) is 11.2 Å². The van der Waals surface area contributed by atoms with Gasteiger partial charge in [-0.3, -0.25) is 0 Å². The van der Waals surface area contributed by atoms with Gasteiger partial charge in [0.05, 0.1) is 23.9 Å². The maximum absolute atomic E-state index is 5.66. The van der Waals surface area contributed by atoms with Crippen molar-refractivity contribution in [1.29, 1.82) is 0 Å². The van der Waals surface area contributed by atoms with Gasteiger partial charge in [0.15, 0.2) is 0 Å². The predicted molar refractivity (Wildman–Crippen MR) is 45.0 cm³/mol. The Morgan fingerprint density at radius 3 is 2.58 bits per heavy atom. The van der Waals surface area contributed by atoms with Crippen molar-refractivity contribution in [2.24, 2.45) is 5.92 Å². The molecule has 3 fully saturated rings. The van der Waals surface area contributed by atoms with Gasteiger partial charge in [0.2, 0.25) is 0 Å². The summed E-state index contributed by atoms with van der Waals surface area (Å²) in [6, 6.07) is 0. The predicted octanol–water partition coefficient (Wildman–Crippen LogP) is 1.73. The largest absolute Gasteiger partial charge is 0.370 e. The van der Waals surface area contributed by atoms with Crippen LogP contribution in [0.1, 0.15) is 33.1 Å². The zero-order valence-corrected chi connectivity index (χ0v) is 7.80. The average molecular weight is 168 g/mol. The van der Waals surface area contributed by atoms with Crippen LogP contribution < -0.4 is 0 Å². The maximum Gasteiger partial charge on any atom is 0.0920 e. The van der Waals surface area contributed by atoms with E-state index in [1.807, 2.05) is 0 Å². The van der Waals surface area contributed by atoms with Gasteiger partial charge in [-0.05, 0) is 39.0 Å². The second-order valence-corrected chi connectivity index (χ2v) is 4.99. The molecule has 0 amide bonds. The van der Waals surface area contributed by atoms with E-state index in [2.05, 4.69) is 13.8 Å². The molecule has 68 valence electrons. The molecule has 3 rings (SSSR count). The molecule has 2 saturated heterocycles. The normalized spacial score (nSPS) is 62.5. The molecule has 2 nitrogen and oxygen atoms in total. The van der Waals surface area contributed by atoms with Crippen LogP contribution >= 0.6 is 0 Å². The second-order valence-electron chi connectivity index (χ2n) is 4.99. The van der Waals surface area contributed by atoms with E-state index in [4.69, 9.17) is 9.47 Å². The van der Waals surface area contributed by atoms with Crippen LogP contribution in [-0.4, -0.2) is 23.9 Å². The molecule has 3 aliphatic rings. The number of rotatable bonds is 1. The molecular weight excluding hydrogens is 152 g/mol. The number of fused-ring (bicyclic) bond motifs is 1. The fourth-order valence-corrected chi connectivity index (χ4v) is 2.55. The van der Waals surface area contributed by atoms with Crippen LogP contribution in [0.25, 0.3) is 0 Å². The fourth-order valence-electron chi connectivity index (χ4n) is 2.55. The smallest absolute Gasteiger partial charge is 0.0920 e. The molecule has 0 spiro atoms. The van der Waals surface area contributed by atoms with Crippen molar-refractivity contribution < 1.29 is 9.47 Å². The number of hydrogen-bond acceptors (Lipinski definition) is 2. The second kappa shape index (κ2) is 1.88. The van der Waals surface area contributed by atoms with Crippen molar-refractivity contribution in [3.63, 3.8) is 0 Å². The van der Waals surface area contributed by atoms with E-state index in [0.29, 0.717) is 6.10 Å². The van der Waals surface area contributed by atoms with Crippen molar-refractivity contribution in [1.82, 2.24) is 0 Å². The van der Waals surface area contributed by atoms with E-state index in [1.54, 1.807) is 0 Å². The lowest BCUT2D eigenvalue weighted by Gasteiger charge is -2.25. The van der Waals surface area contributed by atoms with Crippen LogP contribution in [0.2, 0.25) is 0 Å². The van der Waals surface area contributed by atoms with Crippen LogP contribution in [0.15, 0.2) is 0 Å². The molecule has 12 heavy (non-hydrogen) atoms. The maximum atomic E-state index is 5.66. The van der Waals surface area contributed by atoms with E-state index >= 15 is 0 Å². The quantitative estimate of drug-likeness (QED) is 0.557. The highest BCUT2D eigenvalue weighted by molar-refractivity contribution is 5.08. The molecule has 0 N–H and O–H groups in total. The highest BCUT2D eigenvalue weighted by Gasteiger charge is 2.60. The SMILES string of the molecule is C[C@]1([C@@H]2CC[C@@]3(C)O[C@@H]3C2)CO1. The topological polar surface area (TPSA) is 25.1 Å². The number of epoxide rings is 2. The summed E-state index contributed by atoms with van der Waals surface area (Å²) in [5.41, 5.74) is 0.495. The minimum atomic E-state index is 0.229. The van der Waals surface area contributed by atoms with Gasteiger partial charge in [-0.2, -0.15) is 0 Å². The fraction of sp³-hybridized carbons (Fsp3) is 1.00. The third-order valence-corrected chi connectivity index (χ3v) is 3.99. The minimum Gasteiger partial charge on any atom is -0.370 e. The first-order chi connectivity index (χ1) is 5.62. The van der Waals surface area contributed by atoms with Crippen molar-refractivity contribution in [3.8, 4) is 0 Å². The Hall–Kier alpha value is -0.0800. The molecule has 2 heterocycles. The van der Waals surface area contributed by atoms with Gasteiger partial charge in [0, 0.05) is 0 Å². The van der Waals surface area contributed by atoms with Gasteiger partial charge >= 0.3 is 0 Å². The summed E-state index contributed by atoms with van der Waals surface area (Å²) in [6.07, 6.45) is 4.31. The zero-order chi connectivity index (χ0) is 8.40. The van der Waals surface area contributed by atoms with Crippen molar-refractivity contribution >= 4 is 0 Å². The first-order valence-electron chi connectivity index (χ1n) is 4.94. The van der Waals surface area contributed by atoms with Gasteiger partial charge in [-0.25, -0.2) is 0 Å². The third-order valence-electron chi connectivity index (χ3n) is 3.99. The summed E-state index contributed by atoms with van der Waals surface area (Å²) in [5, 5.41) is 0. The summed E-state index contributed by atoms with van der Waals surface area (Å²) in [7, 11) is 0. The standard InChI is InChI=1S/C10H16O2/c1-9-4-3-7(5-8(9)12-9)10(2)6-11-10/h7-8H,3-6H2,1-2H3/t7-,8-,9-,10-/m1/s1. The third kappa shape index (κ3) is 0.882. The first-order valence-corrected chi connectivity index (χ1v) is 4.94. The molecular formula is C10H16O2. The Morgan fingerprint density at radius 1 is 1.25 bits per heavy atom. The molecule has 0 aromatic rings. The molecule has 0 radical (unpaired) electrons. The highest BCUT2D eigenvalue weighted by Crippen LogP contribution is 2.54. The Bertz CT molecular complexity index is 222. The Balaban J connectivity index is 1.70. The molecule has 2 aliphatic heterocycles. The summed E-state index contributed by atoms with van der Waals surface area (Å²) < 4.78 is 11.1. The molecule has 1 aliphatic carbocycles. The molecule has 0 aromatic heterocycles. The van der Waals surface area contributed by atoms with Gasteiger partial charge in [-0.15, -0.1) is 0 Å². The number of hydrogen-bond donors (Lipinski definition) is 0. The van der Waals surface area contributed by atoms with Crippen LogP contribution in [0.4, 0.5) is 0 Å². The summed E-state index contributed by atoms with van der Waals surface area (Å²) in [5.74, 6) is 0.762. The average Bonchev–Trinajstić information content (AvgIpc) is 2.86. The van der Waals surface area contributed by atoms with Crippen LogP contribution in [0.5, 0.6) is 0 Å². The lowest BCUT2D eigenvalue weighted by Crippen LogP contribution is -2.29. The van der Waals surface area contributed by atoms with E-state index in [0.717, 1.165) is 12.5 Å². The molecule has 1 saturated carbocycles. The van der Waals surface area contributed by atoms with Crippen LogP contribution in [0.3, 0.4) is 0 Å². The van der Waals surface area contributed by atoms with Gasteiger partial charge < -0.3 is 9.47 Å². The highest BCUT2D eigenvalue weighted by atomic mass is 16.6. The lowest BCUT2D eigenvalue weighted by atomic mass is 9.77. The molecule has 0 bridgehead atoms. The minimum absolute atomic E-state index is 0.229. The Kier molecular flexibility index (Phi) is 1.15. The molecule has 2 heteroatoms. The van der Waals surface area contributed by atoms with E-state index in [9.17, 15) is 0 Å². The van der Waals surface area contributed by atoms with Crippen molar-refractivity contribution in [2.75, 3.05) is 6.61 Å². The molecule has 4 atom stereocenters. The van der Waals surface area contributed by atoms with E-state index < -0.39 is 0 Å². The molecule has 0 aromatic carbocycles. The summed E-state index contributed by atoms with van der Waals surface area (Å²) in [6.45, 7) is 5.45. The molecule has 0 unspecified atom stereocenters. The van der Waals surface area contributed by atoms with Gasteiger partial charge in [0.25, 0.3) is 0 Å². The van der Waals surface area contributed by atoms with Gasteiger partial charge in [-0.1, -0.05) is 0 Å². The van der Waals surface area contributed by atoms with Gasteiger partial charge in [0.1, 0.15) is 0 Å². The monoisotopic (exact) mass is 168 g/mol. The Morgan fingerprint density at radius 2 is 2.00 bits per heavy atom. The summed E-state index contributed by atoms with van der Waals surface area (Å²) >= 11 is 0. The van der Waals surface area contributed by atoms with Crippen LogP contribution in [-0.2, 0) is 9.47 Å².